The van der Waals surface area contributed by atoms with Gasteiger partial charge in [-0.25, -0.2) is 4.57 Å². The van der Waals surface area contributed by atoms with Crippen LogP contribution in [-0.4, -0.2) is 26.7 Å². The lowest BCUT2D eigenvalue weighted by Gasteiger charge is -2.28. The first-order valence-corrected chi connectivity index (χ1v) is 14.4. The first-order valence-electron chi connectivity index (χ1n) is 14.4. The van der Waals surface area contributed by atoms with E-state index in [1.54, 1.807) is 18.2 Å². The van der Waals surface area contributed by atoms with Gasteiger partial charge in [0, 0.05) is 23.6 Å². The highest BCUT2D eigenvalue weighted by Gasteiger charge is 2.47. The molecule has 0 aliphatic carbocycles. The van der Waals surface area contributed by atoms with Crippen molar-refractivity contribution in [2.75, 3.05) is 7.05 Å². The van der Waals surface area contributed by atoms with Crippen LogP contribution >= 0.6 is 0 Å². The van der Waals surface area contributed by atoms with E-state index in [-0.39, 0.29) is 15.6 Å². The van der Waals surface area contributed by atoms with Crippen LogP contribution in [0.5, 0.6) is 17.4 Å². The number of aromatic nitrogens is 3. The van der Waals surface area contributed by atoms with E-state index < -0.39 is 0 Å². The van der Waals surface area contributed by atoms with E-state index in [1.807, 2.05) is 42.5 Å². The molecule has 1 aliphatic rings. The number of ether oxygens (including phenoxy) is 1. The lowest BCUT2D eigenvalue weighted by molar-refractivity contribution is 0.452. The van der Waals surface area contributed by atoms with E-state index in [0.717, 1.165) is 39.7 Å². The second-order valence-corrected chi connectivity index (χ2v) is 12.3. The van der Waals surface area contributed by atoms with Crippen LogP contribution in [0.1, 0.15) is 31.9 Å². The summed E-state index contributed by atoms with van der Waals surface area (Å²) in [6, 6.07) is 31.2. The van der Waals surface area contributed by atoms with Crippen molar-refractivity contribution >= 4 is 50.4 Å². The maximum atomic E-state index is 10.7. The van der Waals surface area contributed by atoms with Gasteiger partial charge in [0.15, 0.2) is 11.3 Å². The van der Waals surface area contributed by atoms with Crippen molar-refractivity contribution in [3.63, 3.8) is 0 Å². The number of benzene rings is 4. The third-order valence-corrected chi connectivity index (χ3v) is 8.57. The summed E-state index contributed by atoms with van der Waals surface area (Å²) in [7, 11) is 2.13. The summed E-state index contributed by atoms with van der Waals surface area (Å²) in [6.45, 7) is 6.51. The monoisotopic (exact) mass is 578 g/mol. The summed E-state index contributed by atoms with van der Waals surface area (Å²) in [5, 5.41) is 21.3. The number of nitrogens with zero attached hydrogens (tertiary/aromatic N) is 5. The fourth-order valence-electron chi connectivity index (χ4n) is 6.24. The summed E-state index contributed by atoms with van der Waals surface area (Å²) in [4.78, 5) is 10.2. The molecule has 1 aliphatic heterocycles. The van der Waals surface area contributed by atoms with E-state index in [2.05, 4.69) is 62.7 Å². The van der Waals surface area contributed by atoms with Crippen molar-refractivity contribution in [3.8, 4) is 29.1 Å². The van der Waals surface area contributed by atoms with E-state index in [9.17, 15) is 10.4 Å². The van der Waals surface area contributed by atoms with Crippen LogP contribution in [0.15, 0.2) is 95.4 Å². The number of para-hydroxylation sites is 4. The van der Waals surface area contributed by atoms with Gasteiger partial charge in [0.05, 0.1) is 29.0 Å². The first-order chi connectivity index (χ1) is 21.2. The Morgan fingerprint density at radius 1 is 0.932 bits per heavy atom. The van der Waals surface area contributed by atoms with Crippen LogP contribution in [0.4, 0.5) is 17.5 Å². The van der Waals surface area contributed by atoms with Crippen LogP contribution in [0, 0.1) is 11.3 Å². The number of fused-ring (bicyclic) bond motifs is 8. The fraction of sp³-hybridized carbons (Fsp3) is 0.139. The Hall–Kier alpha value is -5.65. The van der Waals surface area contributed by atoms with Crippen molar-refractivity contribution in [1.82, 2.24) is 19.0 Å². The number of phenolic OH excluding ortho intramolecular Hbond substituents is 1. The largest absolute Gasteiger partial charge is 0.507 e. The molecule has 4 heterocycles. The lowest BCUT2D eigenvalue weighted by atomic mass is 9.87. The number of hydrogen-bond donors (Lipinski definition) is 1. The summed E-state index contributed by atoms with van der Waals surface area (Å²) >= 11 is 0. The highest BCUT2D eigenvalue weighted by atomic mass is 16.5. The molecule has 3 aromatic heterocycles. The molecule has 8 heteroatoms. The van der Waals surface area contributed by atoms with Crippen LogP contribution in [0.3, 0.4) is 0 Å². The van der Waals surface area contributed by atoms with Gasteiger partial charge in [-0.15, -0.1) is 0 Å². The molecule has 0 amide bonds. The number of phenols is 1. The molecular formula is C36H28N5O3+. The minimum Gasteiger partial charge on any atom is -0.507 e. The molecule has 0 radical (unpaired) electrons. The topological polar surface area (TPSA) is 97.1 Å². The van der Waals surface area contributed by atoms with Crippen molar-refractivity contribution in [2.45, 2.75) is 26.2 Å². The minimum absolute atomic E-state index is 0.0399. The molecule has 1 atom stereocenters. The molecule has 8 nitrogen and oxygen atoms in total. The van der Waals surface area contributed by atoms with E-state index in [4.69, 9.17) is 19.1 Å². The second-order valence-electron chi connectivity index (χ2n) is 12.3. The molecule has 0 bridgehead atoms. The number of quaternary nitrogens is 1. The average Bonchev–Trinajstić information content (AvgIpc) is 3.67. The Kier molecular flexibility index (Phi) is 5.28. The molecule has 7 aromatic rings. The third-order valence-electron chi connectivity index (χ3n) is 8.57. The number of pyridine rings is 1. The zero-order valence-electron chi connectivity index (χ0n) is 24.7. The normalized spacial score (nSPS) is 15.9. The minimum atomic E-state index is -0.196. The predicted molar refractivity (Wildman–Crippen MR) is 171 cm³/mol. The van der Waals surface area contributed by atoms with Crippen molar-refractivity contribution in [1.29, 1.82) is 5.26 Å². The van der Waals surface area contributed by atoms with Gasteiger partial charge in [-0.2, -0.15) is 19.7 Å². The molecule has 4 aromatic carbocycles. The quantitative estimate of drug-likeness (QED) is 0.210. The zero-order chi connectivity index (χ0) is 30.4. The average molecular weight is 579 g/mol. The lowest BCUT2D eigenvalue weighted by Crippen LogP contribution is -2.34. The van der Waals surface area contributed by atoms with E-state index in [0.29, 0.717) is 39.1 Å². The molecule has 0 saturated carbocycles. The smallest absolute Gasteiger partial charge is 0.326 e. The predicted octanol–water partition coefficient (Wildman–Crippen LogP) is 8.90. The van der Waals surface area contributed by atoms with Gasteiger partial charge in [0.2, 0.25) is 11.7 Å². The SMILES string of the molecule is CC(C)(C)c1cc(Oc2ccc3oc4c(C#N)ccc(O)c4c3c2)nc([N+]2(C)c3ccccc3-n3c2nc2ccccc23)c1. The second kappa shape index (κ2) is 8.93. The van der Waals surface area contributed by atoms with Gasteiger partial charge in [-0.05, 0) is 59.5 Å². The number of nitriles is 1. The highest BCUT2D eigenvalue weighted by molar-refractivity contribution is 6.10. The summed E-state index contributed by atoms with van der Waals surface area (Å²) in [6.07, 6.45) is 0. The number of rotatable bonds is 3. The third kappa shape index (κ3) is 3.60. The number of imidazole rings is 1. The van der Waals surface area contributed by atoms with E-state index in [1.165, 1.54) is 6.07 Å². The fourth-order valence-corrected chi connectivity index (χ4v) is 6.24. The molecule has 0 fully saturated rings. The van der Waals surface area contributed by atoms with Crippen LogP contribution in [0.25, 0.3) is 38.7 Å². The van der Waals surface area contributed by atoms with Gasteiger partial charge >= 0.3 is 5.95 Å². The number of aromatic hydroxyl groups is 1. The molecule has 0 saturated heterocycles. The Bertz CT molecular complexity index is 2350. The van der Waals surface area contributed by atoms with Crippen LogP contribution < -0.4 is 9.22 Å². The molecule has 44 heavy (non-hydrogen) atoms. The Morgan fingerprint density at radius 2 is 1.73 bits per heavy atom. The Morgan fingerprint density at radius 3 is 2.55 bits per heavy atom. The molecule has 0 spiro atoms. The van der Waals surface area contributed by atoms with Gasteiger partial charge in [-0.1, -0.05) is 45.0 Å². The first kappa shape index (κ1) is 26.0. The summed E-state index contributed by atoms with van der Waals surface area (Å²) in [5.74, 6) is 2.64. The zero-order valence-corrected chi connectivity index (χ0v) is 24.7. The highest BCUT2D eigenvalue weighted by Crippen LogP contribution is 2.52. The van der Waals surface area contributed by atoms with E-state index >= 15 is 0 Å². The number of hydrogen-bond acceptors (Lipinski definition) is 6. The maximum Gasteiger partial charge on any atom is 0.326 e. The molecule has 8 rings (SSSR count). The standard InChI is InChI=1S/C36H27N5O3/c1-36(2,3)22-17-31(41(4)28-12-8-7-11-27(28)40-26-10-6-5-9-25(26)38-35(40)41)39-32(18-22)43-23-14-16-30-24(19-23)33-29(42)15-13-21(20-37)34(33)44-30/h5-19H,1-4H3/p+1. The van der Waals surface area contributed by atoms with Gasteiger partial charge in [0.25, 0.3) is 0 Å². The summed E-state index contributed by atoms with van der Waals surface area (Å²) < 4.78 is 14.9. The molecule has 1 N–H and O–H groups in total. The van der Waals surface area contributed by atoms with Crippen LogP contribution in [-0.2, 0) is 5.41 Å². The number of furan rings is 1. The molecule has 1 unspecified atom stereocenters. The van der Waals surface area contributed by atoms with Crippen molar-refractivity contribution < 1.29 is 14.3 Å². The molecule has 214 valence electrons. The van der Waals surface area contributed by atoms with Crippen LogP contribution in [0.2, 0.25) is 0 Å². The van der Waals surface area contributed by atoms with Gasteiger partial charge < -0.3 is 14.3 Å². The van der Waals surface area contributed by atoms with Gasteiger partial charge in [-0.3, -0.25) is 0 Å². The van der Waals surface area contributed by atoms with Gasteiger partial charge in [0.1, 0.15) is 28.8 Å². The Balaban J connectivity index is 1.31. The molecular weight excluding hydrogens is 550 g/mol. The van der Waals surface area contributed by atoms with Crippen molar-refractivity contribution in [2.24, 2.45) is 0 Å². The van der Waals surface area contributed by atoms with Crippen molar-refractivity contribution in [3.05, 3.63) is 102 Å². The summed E-state index contributed by atoms with van der Waals surface area (Å²) in [5.41, 5.74) is 6.23. The maximum absolute atomic E-state index is 10.7. The Labute approximate surface area is 253 Å².